The second-order valence-corrected chi connectivity index (χ2v) is 7.41. The molecule has 2 aliphatic heterocycles. The summed E-state index contributed by atoms with van der Waals surface area (Å²) in [4.78, 5) is 19.8. The first-order valence-corrected chi connectivity index (χ1v) is 8.41. The largest absolute Gasteiger partial charge is 0.312 e. The highest BCUT2D eigenvalue weighted by Gasteiger charge is 2.27. The zero-order valence-electron chi connectivity index (χ0n) is 10.4. The molecule has 6 heteroatoms. The summed E-state index contributed by atoms with van der Waals surface area (Å²) in [6, 6.07) is 0. The van der Waals surface area contributed by atoms with Gasteiger partial charge in [-0.3, -0.25) is 4.79 Å². The molecule has 3 heterocycles. The lowest BCUT2D eigenvalue weighted by Gasteiger charge is -2.27. The molecule has 2 N–H and O–H groups in total. The van der Waals surface area contributed by atoms with Crippen molar-refractivity contribution in [2.45, 2.75) is 30.4 Å². The normalized spacial score (nSPS) is 27.8. The Morgan fingerprint density at radius 3 is 3.00 bits per heavy atom. The Labute approximate surface area is 115 Å². The molecule has 1 saturated heterocycles. The molecular weight excluding hydrogens is 266 g/mol. The molecule has 2 atom stereocenters. The number of aromatic amines is 1. The van der Waals surface area contributed by atoms with E-state index in [9.17, 15) is 4.79 Å². The Bertz CT molecular complexity index is 503. The van der Waals surface area contributed by atoms with Crippen LogP contribution < -0.4 is 10.9 Å². The molecule has 1 fully saturated rings. The maximum atomic E-state index is 12.1. The van der Waals surface area contributed by atoms with Crippen LogP contribution in [0.2, 0.25) is 0 Å². The Hall–Kier alpha value is -0.460. The van der Waals surface area contributed by atoms with Gasteiger partial charge in [-0.05, 0) is 0 Å². The average molecular weight is 283 g/mol. The second-order valence-electron chi connectivity index (χ2n) is 4.67. The van der Waals surface area contributed by atoms with Gasteiger partial charge in [0.15, 0.2) is 0 Å². The first-order chi connectivity index (χ1) is 8.75. The Kier molecular flexibility index (Phi) is 3.68. The first-order valence-electron chi connectivity index (χ1n) is 6.31. The maximum Gasteiger partial charge on any atom is 0.255 e. The number of thioether (sulfide) groups is 2. The predicted octanol–water partition coefficient (Wildman–Crippen LogP) is 1.33. The van der Waals surface area contributed by atoms with Crippen molar-refractivity contribution in [2.24, 2.45) is 0 Å². The van der Waals surface area contributed by atoms with Crippen LogP contribution in [0, 0.1) is 0 Å². The molecule has 3 rings (SSSR count). The molecule has 0 aromatic carbocycles. The van der Waals surface area contributed by atoms with Gasteiger partial charge in [0.05, 0.1) is 16.5 Å². The third-order valence-electron chi connectivity index (χ3n) is 3.42. The van der Waals surface area contributed by atoms with Gasteiger partial charge in [-0.25, -0.2) is 4.98 Å². The van der Waals surface area contributed by atoms with Crippen molar-refractivity contribution in [3.05, 3.63) is 27.4 Å². The van der Waals surface area contributed by atoms with Crippen LogP contribution in [0.15, 0.2) is 4.79 Å². The summed E-state index contributed by atoms with van der Waals surface area (Å²) in [7, 11) is 0. The van der Waals surface area contributed by atoms with E-state index >= 15 is 0 Å². The van der Waals surface area contributed by atoms with E-state index in [0.717, 1.165) is 35.8 Å². The van der Waals surface area contributed by atoms with E-state index in [4.69, 9.17) is 4.98 Å². The summed E-state index contributed by atoms with van der Waals surface area (Å²) >= 11 is 3.88. The van der Waals surface area contributed by atoms with E-state index in [2.05, 4.69) is 17.2 Å². The molecule has 0 spiro atoms. The number of hydrogen-bond donors (Lipinski definition) is 2. The summed E-state index contributed by atoms with van der Waals surface area (Å²) in [5.74, 6) is 3.22. The molecule has 1 aromatic heterocycles. The minimum Gasteiger partial charge on any atom is -0.312 e. The van der Waals surface area contributed by atoms with Crippen LogP contribution in [0.3, 0.4) is 0 Å². The van der Waals surface area contributed by atoms with Gasteiger partial charge in [0.1, 0.15) is 5.82 Å². The number of aromatic nitrogens is 2. The molecule has 0 bridgehead atoms. The quantitative estimate of drug-likeness (QED) is 0.814. The lowest BCUT2D eigenvalue weighted by molar-refractivity contribution is 0.611. The molecule has 1 aromatic rings. The molecule has 0 saturated carbocycles. The highest BCUT2D eigenvalue weighted by atomic mass is 32.2. The van der Waals surface area contributed by atoms with Crippen LogP contribution in [0.1, 0.15) is 29.3 Å². The van der Waals surface area contributed by atoms with Crippen LogP contribution >= 0.6 is 23.5 Å². The van der Waals surface area contributed by atoms with Gasteiger partial charge in [0.2, 0.25) is 0 Å². The molecule has 0 aliphatic carbocycles. The molecule has 4 nitrogen and oxygen atoms in total. The van der Waals surface area contributed by atoms with Gasteiger partial charge in [0.25, 0.3) is 5.56 Å². The SMILES string of the molecule is CC1SCCSC1c1nc2c(c(=O)[nH]1)CNCC2. The number of H-pyrrole nitrogens is 1. The van der Waals surface area contributed by atoms with Crippen LogP contribution in [0.25, 0.3) is 0 Å². The fourth-order valence-corrected chi connectivity index (χ4v) is 5.15. The highest BCUT2D eigenvalue weighted by Crippen LogP contribution is 2.40. The van der Waals surface area contributed by atoms with Crippen LogP contribution in [0.4, 0.5) is 0 Å². The zero-order valence-corrected chi connectivity index (χ0v) is 12.0. The fourth-order valence-electron chi connectivity index (χ4n) is 2.44. The van der Waals surface area contributed by atoms with Gasteiger partial charge in [0, 0.05) is 36.3 Å². The topological polar surface area (TPSA) is 57.8 Å². The van der Waals surface area contributed by atoms with Gasteiger partial charge >= 0.3 is 0 Å². The predicted molar refractivity (Wildman–Crippen MR) is 77.4 cm³/mol. The van der Waals surface area contributed by atoms with Crippen molar-refractivity contribution in [1.29, 1.82) is 0 Å². The molecule has 0 amide bonds. The van der Waals surface area contributed by atoms with E-state index < -0.39 is 0 Å². The summed E-state index contributed by atoms with van der Waals surface area (Å²) in [5.41, 5.74) is 1.87. The van der Waals surface area contributed by atoms with Crippen molar-refractivity contribution >= 4 is 23.5 Å². The van der Waals surface area contributed by atoms with Crippen molar-refractivity contribution in [2.75, 3.05) is 18.1 Å². The number of hydrogen-bond acceptors (Lipinski definition) is 5. The average Bonchev–Trinajstić information content (AvgIpc) is 2.39. The monoisotopic (exact) mass is 283 g/mol. The maximum absolute atomic E-state index is 12.1. The van der Waals surface area contributed by atoms with Crippen LogP contribution in [-0.2, 0) is 13.0 Å². The molecular formula is C12H17N3OS2. The van der Waals surface area contributed by atoms with Gasteiger partial charge < -0.3 is 10.3 Å². The first kappa shape index (κ1) is 12.6. The summed E-state index contributed by atoms with van der Waals surface area (Å²) in [5, 5.41) is 4.07. The molecule has 0 radical (unpaired) electrons. The summed E-state index contributed by atoms with van der Waals surface area (Å²) < 4.78 is 0. The molecule has 18 heavy (non-hydrogen) atoms. The molecule has 2 aliphatic rings. The van der Waals surface area contributed by atoms with Gasteiger partial charge in [-0.1, -0.05) is 6.92 Å². The molecule has 2 unspecified atom stereocenters. The smallest absolute Gasteiger partial charge is 0.255 e. The number of nitrogens with zero attached hydrogens (tertiary/aromatic N) is 1. The minimum absolute atomic E-state index is 0.0468. The lowest BCUT2D eigenvalue weighted by atomic mass is 10.1. The number of rotatable bonds is 1. The van der Waals surface area contributed by atoms with Crippen molar-refractivity contribution in [1.82, 2.24) is 15.3 Å². The third kappa shape index (κ3) is 2.33. The second kappa shape index (κ2) is 5.27. The van der Waals surface area contributed by atoms with E-state index in [1.807, 2.05) is 23.5 Å². The number of fused-ring (bicyclic) bond motifs is 1. The Balaban J connectivity index is 1.97. The lowest BCUT2D eigenvalue weighted by Crippen LogP contribution is -2.33. The Morgan fingerprint density at radius 1 is 1.33 bits per heavy atom. The highest BCUT2D eigenvalue weighted by molar-refractivity contribution is 8.06. The fraction of sp³-hybridized carbons (Fsp3) is 0.667. The van der Waals surface area contributed by atoms with Crippen molar-refractivity contribution in [3.63, 3.8) is 0 Å². The summed E-state index contributed by atoms with van der Waals surface area (Å²) in [6.45, 7) is 3.80. The van der Waals surface area contributed by atoms with E-state index in [1.165, 1.54) is 5.75 Å². The Morgan fingerprint density at radius 2 is 2.17 bits per heavy atom. The standard InChI is InChI=1S/C12H17N3OS2/c1-7-10(18-5-4-17-7)11-14-9-2-3-13-6-8(9)12(16)15-11/h7,10,13H,2-6H2,1H3,(H,14,15,16). The minimum atomic E-state index is 0.0468. The van der Waals surface area contributed by atoms with E-state index in [0.29, 0.717) is 17.0 Å². The van der Waals surface area contributed by atoms with Gasteiger partial charge in [-0.15, -0.1) is 11.8 Å². The van der Waals surface area contributed by atoms with Crippen LogP contribution in [0.5, 0.6) is 0 Å². The third-order valence-corrected chi connectivity index (χ3v) is 6.52. The van der Waals surface area contributed by atoms with Gasteiger partial charge in [-0.2, -0.15) is 11.8 Å². The van der Waals surface area contributed by atoms with Crippen LogP contribution in [-0.4, -0.2) is 33.3 Å². The number of nitrogens with one attached hydrogen (secondary N) is 2. The van der Waals surface area contributed by atoms with Crippen molar-refractivity contribution in [3.8, 4) is 0 Å². The van der Waals surface area contributed by atoms with E-state index in [-0.39, 0.29) is 5.56 Å². The zero-order chi connectivity index (χ0) is 12.5. The van der Waals surface area contributed by atoms with Crippen molar-refractivity contribution < 1.29 is 0 Å². The molecule has 98 valence electrons. The summed E-state index contributed by atoms with van der Waals surface area (Å²) in [6.07, 6.45) is 0.866. The van der Waals surface area contributed by atoms with E-state index in [1.54, 1.807) is 0 Å².